The first-order valence-electron chi connectivity index (χ1n) is 7.20. The van der Waals surface area contributed by atoms with Crippen molar-refractivity contribution >= 4 is 34.8 Å². The number of carbonyl (C=O) groups excluding carboxylic acids is 1. The molecule has 7 heteroatoms. The Hall–Kier alpha value is -1.95. The van der Waals surface area contributed by atoms with Crippen LogP contribution in [0.3, 0.4) is 0 Å². The Morgan fingerprint density at radius 3 is 2.46 bits per heavy atom. The van der Waals surface area contributed by atoms with E-state index in [2.05, 4.69) is 5.32 Å². The molecule has 128 valence electrons. The van der Waals surface area contributed by atoms with Gasteiger partial charge in [-0.25, -0.2) is 0 Å². The monoisotopic (exact) mass is 369 g/mol. The van der Waals surface area contributed by atoms with Gasteiger partial charge < -0.3 is 19.9 Å². The number of ether oxygens (including phenoxy) is 2. The lowest BCUT2D eigenvalue weighted by Crippen LogP contribution is -2.25. The van der Waals surface area contributed by atoms with Crippen molar-refractivity contribution in [1.82, 2.24) is 0 Å². The Morgan fingerprint density at radius 1 is 1.12 bits per heavy atom. The molecule has 5 nitrogen and oxygen atoms in total. The summed E-state index contributed by atoms with van der Waals surface area (Å²) in [5.74, 6) is 0.836. The van der Waals surface area contributed by atoms with Crippen molar-refractivity contribution in [1.29, 1.82) is 0 Å². The average molecular weight is 370 g/mol. The maximum Gasteiger partial charge on any atom is 0.221 e. The summed E-state index contributed by atoms with van der Waals surface area (Å²) in [4.78, 5) is 10.9. The third kappa shape index (κ3) is 5.92. The molecule has 1 amide bonds. The van der Waals surface area contributed by atoms with Crippen LogP contribution in [0.5, 0.6) is 11.5 Å². The summed E-state index contributed by atoms with van der Waals surface area (Å²) in [7, 11) is 0. The van der Waals surface area contributed by atoms with Crippen LogP contribution in [0, 0.1) is 0 Å². The molecule has 0 spiro atoms. The zero-order chi connectivity index (χ0) is 17.5. The SMILES string of the molecule is CC(=O)Nc1ccc(OC[C@H](O)COc2cc(Cl)ccc2Cl)cc1. The summed E-state index contributed by atoms with van der Waals surface area (Å²) < 4.78 is 10.9. The van der Waals surface area contributed by atoms with Gasteiger partial charge in [0.2, 0.25) is 5.91 Å². The highest BCUT2D eigenvalue weighted by Crippen LogP contribution is 2.27. The summed E-state index contributed by atoms with van der Waals surface area (Å²) in [5, 5.41) is 13.5. The fourth-order valence-corrected chi connectivity index (χ4v) is 2.19. The van der Waals surface area contributed by atoms with Gasteiger partial charge in [-0.05, 0) is 36.4 Å². The number of hydrogen-bond donors (Lipinski definition) is 2. The molecular weight excluding hydrogens is 353 g/mol. The van der Waals surface area contributed by atoms with Crippen molar-refractivity contribution in [2.75, 3.05) is 18.5 Å². The number of benzene rings is 2. The number of aliphatic hydroxyl groups is 1. The molecule has 0 aromatic heterocycles. The lowest BCUT2D eigenvalue weighted by Gasteiger charge is -2.14. The normalized spacial score (nSPS) is 11.7. The molecule has 2 aromatic carbocycles. The Kier molecular flexibility index (Phi) is 6.73. The van der Waals surface area contributed by atoms with E-state index in [0.717, 1.165) is 0 Å². The third-order valence-corrected chi connectivity index (χ3v) is 3.49. The van der Waals surface area contributed by atoms with Gasteiger partial charge in [0.15, 0.2) is 0 Å². The second kappa shape index (κ2) is 8.78. The maximum atomic E-state index is 10.9. The molecule has 24 heavy (non-hydrogen) atoms. The average Bonchev–Trinajstić information content (AvgIpc) is 2.54. The van der Waals surface area contributed by atoms with Gasteiger partial charge >= 0.3 is 0 Å². The topological polar surface area (TPSA) is 67.8 Å². The van der Waals surface area contributed by atoms with E-state index in [-0.39, 0.29) is 19.1 Å². The molecular formula is C17H17Cl2NO4. The first kappa shape index (κ1) is 18.4. The summed E-state index contributed by atoms with van der Waals surface area (Å²) in [6, 6.07) is 11.7. The molecule has 0 saturated carbocycles. The van der Waals surface area contributed by atoms with E-state index in [1.807, 2.05) is 0 Å². The molecule has 0 aliphatic rings. The number of amides is 1. The predicted molar refractivity (Wildman–Crippen MR) is 94.2 cm³/mol. The first-order chi connectivity index (χ1) is 11.4. The van der Waals surface area contributed by atoms with E-state index in [1.165, 1.54) is 6.92 Å². The van der Waals surface area contributed by atoms with Crippen molar-refractivity contribution < 1.29 is 19.4 Å². The summed E-state index contributed by atoms with van der Waals surface area (Å²) in [6.07, 6.45) is -0.838. The van der Waals surface area contributed by atoms with Gasteiger partial charge in [0, 0.05) is 23.7 Å². The van der Waals surface area contributed by atoms with E-state index in [1.54, 1.807) is 42.5 Å². The third-order valence-electron chi connectivity index (χ3n) is 2.94. The number of hydrogen-bond acceptors (Lipinski definition) is 4. The van der Waals surface area contributed by atoms with Crippen LogP contribution in [0.15, 0.2) is 42.5 Å². The fourth-order valence-electron chi connectivity index (χ4n) is 1.85. The van der Waals surface area contributed by atoms with E-state index in [9.17, 15) is 9.90 Å². The van der Waals surface area contributed by atoms with Crippen LogP contribution in [0.4, 0.5) is 5.69 Å². The first-order valence-corrected chi connectivity index (χ1v) is 7.96. The standard InChI is InChI=1S/C17H17Cl2NO4/c1-11(21)20-13-3-5-15(6-4-13)23-9-14(22)10-24-17-8-12(18)2-7-16(17)19/h2-8,14,22H,9-10H2,1H3,(H,20,21)/t14-/m0/s1. The van der Waals surface area contributed by atoms with Gasteiger partial charge in [-0.2, -0.15) is 0 Å². The molecule has 0 aliphatic heterocycles. The van der Waals surface area contributed by atoms with Crippen molar-refractivity contribution in [2.45, 2.75) is 13.0 Å². The minimum atomic E-state index is -0.838. The summed E-state index contributed by atoms with van der Waals surface area (Å²) >= 11 is 11.8. The number of halogens is 2. The molecule has 2 N–H and O–H groups in total. The van der Waals surface area contributed by atoms with E-state index < -0.39 is 6.10 Å². The van der Waals surface area contributed by atoms with Crippen LogP contribution >= 0.6 is 23.2 Å². The van der Waals surface area contributed by atoms with Gasteiger partial charge in [-0.1, -0.05) is 23.2 Å². The summed E-state index contributed by atoms with van der Waals surface area (Å²) in [5.41, 5.74) is 0.675. The molecule has 0 radical (unpaired) electrons. The number of anilines is 1. The lowest BCUT2D eigenvalue weighted by molar-refractivity contribution is -0.114. The van der Waals surface area contributed by atoms with Crippen LogP contribution in [0.1, 0.15) is 6.92 Å². The number of nitrogens with one attached hydrogen (secondary N) is 1. The van der Waals surface area contributed by atoms with Crippen LogP contribution < -0.4 is 14.8 Å². The summed E-state index contributed by atoms with van der Waals surface area (Å²) in [6.45, 7) is 1.51. The molecule has 0 aliphatic carbocycles. The molecule has 2 rings (SSSR count). The molecule has 2 aromatic rings. The highest BCUT2D eigenvalue weighted by atomic mass is 35.5. The zero-order valence-electron chi connectivity index (χ0n) is 13.0. The van der Waals surface area contributed by atoms with E-state index >= 15 is 0 Å². The molecule has 0 saturated heterocycles. The van der Waals surface area contributed by atoms with Gasteiger partial charge in [-0.15, -0.1) is 0 Å². The van der Waals surface area contributed by atoms with Crippen molar-refractivity contribution in [3.63, 3.8) is 0 Å². The van der Waals surface area contributed by atoms with E-state index in [0.29, 0.717) is 27.2 Å². The van der Waals surface area contributed by atoms with Crippen LogP contribution in [0.25, 0.3) is 0 Å². The van der Waals surface area contributed by atoms with Gasteiger partial charge in [0.25, 0.3) is 0 Å². The van der Waals surface area contributed by atoms with Crippen LogP contribution in [-0.2, 0) is 4.79 Å². The second-order valence-corrected chi connectivity index (χ2v) is 5.90. The smallest absolute Gasteiger partial charge is 0.221 e. The highest BCUT2D eigenvalue weighted by Gasteiger charge is 2.09. The minimum absolute atomic E-state index is 0.0179. The second-order valence-electron chi connectivity index (χ2n) is 5.06. The van der Waals surface area contributed by atoms with Gasteiger partial charge in [0.1, 0.15) is 30.8 Å². The molecule has 0 fully saturated rings. The van der Waals surface area contributed by atoms with Gasteiger partial charge in [-0.3, -0.25) is 4.79 Å². The predicted octanol–water partition coefficient (Wildman–Crippen LogP) is 3.77. The maximum absolute atomic E-state index is 10.9. The number of rotatable bonds is 7. The van der Waals surface area contributed by atoms with Crippen LogP contribution in [0.2, 0.25) is 10.0 Å². The largest absolute Gasteiger partial charge is 0.491 e. The van der Waals surface area contributed by atoms with Crippen LogP contribution in [-0.4, -0.2) is 30.3 Å². The Labute approximate surface area is 150 Å². The molecule has 0 heterocycles. The van der Waals surface area contributed by atoms with Crippen molar-refractivity contribution in [3.8, 4) is 11.5 Å². The molecule has 1 atom stereocenters. The minimum Gasteiger partial charge on any atom is -0.491 e. The quantitative estimate of drug-likeness (QED) is 0.779. The van der Waals surface area contributed by atoms with E-state index in [4.69, 9.17) is 32.7 Å². The fraction of sp³-hybridized carbons (Fsp3) is 0.235. The molecule has 0 unspecified atom stereocenters. The number of carbonyl (C=O) groups is 1. The number of aliphatic hydroxyl groups excluding tert-OH is 1. The lowest BCUT2D eigenvalue weighted by atomic mass is 10.3. The van der Waals surface area contributed by atoms with Crippen molar-refractivity contribution in [2.24, 2.45) is 0 Å². The Bertz CT molecular complexity index is 691. The molecule has 0 bridgehead atoms. The van der Waals surface area contributed by atoms with Crippen molar-refractivity contribution in [3.05, 3.63) is 52.5 Å². The van der Waals surface area contributed by atoms with Gasteiger partial charge in [0.05, 0.1) is 5.02 Å². The Balaban J connectivity index is 1.79. The Morgan fingerprint density at radius 2 is 1.79 bits per heavy atom. The highest BCUT2D eigenvalue weighted by molar-refractivity contribution is 6.34. The zero-order valence-corrected chi connectivity index (χ0v) is 14.5.